The highest BCUT2D eigenvalue weighted by atomic mass is 32.1. The molecule has 4 rings (SSSR count). The van der Waals surface area contributed by atoms with Gasteiger partial charge in [0.1, 0.15) is 5.75 Å². The number of imidazole rings is 1. The molecule has 0 aliphatic carbocycles. The molecule has 0 radical (unpaired) electrons. The normalized spacial score (nSPS) is 11.3. The maximum atomic E-state index is 5.71. The van der Waals surface area contributed by atoms with Crippen LogP contribution in [0.3, 0.4) is 0 Å². The highest BCUT2D eigenvalue weighted by Crippen LogP contribution is 2.31. The summed E-state index contributed by atoms with van der Waals surface area (Å²) in [5.74, 6) is 0.933. The van der Waals surface area contributed by atoms with Crippen molar-refractivity contribution in [2.45, 2.75) is 13.3 Å². The third-order valence-corrected chi connectivity index (χ3v) is 4.63. The SMILES string of the molecule is CCCOc1ccc2c(c1)sc1nc(-c3ccccc3)cn12. The Balaban J connectivity index is 1.78. The molecule has 22 heavy (non-hydrogen) atoms. The predicted octanol–water partition coefficient (Wildman–Crippen LogP) is 5.00. The van der Waals surface area contributed by atoms with Gasteiger partial charge in [-0.25, -0.2) is 4.98 Å². The van der Waals surface area contributed by atoms with Crippen molar-refractivity contribution < 1.29 is 4.74 Å². The van der Waals surface area contributed by atoms with Crippen molar-refractivity contribution in [2.75, 3.05) is 6.61 Å². The molecule has 0 saturated heterocycles. The number of benzene rings is 2. The minimum Gasteiger partial charge on any atom is -0.494 e. The molecule has 3 nitrogen and oxygen atoms in total. The summed E-state index contributed by atoms with van der Waals surface area (Å²) in [6.45, 7) is 2.87. The first kappa shape index (κ1) is 13.3. The Morgan fingerprint density at radius 1 is 1.14 bits per heavy atom. The van der Waals surface area contributed by atoms with Gasteiger partial charge in [0.2, 0.25) is 0 Å². The van der Waals surface area contributed by atoms with Crippen LogP contribution in [0, 0.1) is 0 Å². The zero-order chi connectivity index (χ0) is 14.9. The molecule has 0 aliphatic heterocycles. The fourth-order valence-electron chi connectivity index (χ4n) is 2.54. The van der Waals surface area contributed by atoms with E-state index in [1.165, 1.54) is 10.2 Å². The smallest absolute Gasteiger partial charge is 0.195 e. The number of thiazole rings is 1. The van der Waals surface area contributed by atoms with E-state index in [2.05, 4.69) is 41.8 Å². The maximum absolute atomic E-state index is 5.71. The van der Waals surface area contributed by atoms with Gasteiger partial charge in [0.15, 0.2) is 4.96 Å². The van der Waals surface area contributed by atoms with Crippen molar-refractivity contribution in [1.29, 1.82) is 0 Å². The summed E-state index contributed by atoms with van der Waals surface area (Å²) in [5, 5.41) is 0. The van der Waals surface area contributed by atoms with Crippen molar-refractivity contribution in [3.63, 3.8) is 0 Å². The minimum absolute atomic E-state index is 0.756. The van der Waals surface area contributed by atoms with E-state index in [0.717, 1.165) is 35.0 Å². The van der Waals surface area contributed by atoms with Crippen molar-refractivity contribution in [3.05, 3.63) is 54.7 Å². The van der Waals surface area contributed by atoms with Gasteiger partial charge in [-0.05, 0) is 24.6 Å². The summed E-state index contributed by atoms with van der Waals surface area (Å²) in [6, 6.07) is 16.5. The van der Waals surface area contributed by atoms with Gasteiger partial charge < -0.3 is 4.74 Å². The fraction of sp³-hybridized carbons (Fsp3) is 0.167. The average Bonchev–Trinajstić information content (AvgIpc) is 3.11. The average molecular weight is 308 g/mol. The third-order valence-electron chi connectivity index (χ3n) is 3.61. The number of hydrogen-bond donors (Lipinski definition) is 0. The van der Waals surface area contributed by atoms with Crippen LogP contribution in [0.4, 0.5) is 0 Å². The first-order chi connectivity index (χ1) is 10.8. The molecule has 2 aromatic heterocycles. The second kappa shape index (κ2) is 5.46. The second-order valence-electron chi connectivity index (χ2n) is 5.22. The van der Waals surface area contributed by atoms with Crippen molar-refractivity contribution in [2.24, 2.45) is 0 Å². The van der Waals surface area contributed by atoms with Crippen LogP contribution in [0.5, 0.6) is 5.75 Å². The largest absolute Gasteiger partial charge is 0.494 e. The maximum Gasteiger partial charge on any atom is 0.195 e. The minimum atomic E-state index is 0.756. The third kappa shape index (κ3) is 2.25. The standard InChI is InChI=1S/C18H16N2OS/c1-2-10-21-14-8-9-16-17(11-14)22-18-19-15(12-20(16)18)13-6-4-3-5-7-13/h3-9,11-12H,2,10H2,1H3. The van der Waals surface area contributed by atoms with E-state index < -0.39 is 0 Å². The predicted molar refractivity (Wildman–Crippen MR) is 91.8 cm³/mol. The Morgan fingerprint density at radius 2 is 2.00 bits per heavy atom. The molecule has 0 fully saturated rings. The molecule has 4 heteroatoms. The van der Waals surface area contributed by atoms with Crippen LogP contribution in [0.25, 0.3) is 26.4 Å². The lowest BCUT2D eigenvalue weighted by molar-refractivity contribution is 0.318. The van der Waals surface area contributed by atoms with Gasteiger partial charge in [-0.15, -0.1) is 0 Å². The van der Waals surface area contributed by atoms with Gasteiger partial charge in [0, 0.05) is 11.8 Å². The van der Waals surface area contributed by atoms with Gasteiger partial charge in [-0.1, -0.05) is 48.6 Å². The van der Waals surface area contributed by atoms with Crippen LogP contribution < -0.4 is 4.74 Å². The van der Waals surface area contributed by atoms with Crippen LogP contribution in [0.2, 0.25) is 0 Å². The van der Waals surface area contributed by atoms with Gasteiger partial charge in [-0.2, -0.15) is 0 Å². The van der Waals surface area contributed by atoms with Crippen LogP contribution in [-0.2, 0) is 0 Å². The van der Waals surface area contributed by atoms with Crippen LogP contribution in [-0.4, -0.2) is 16.0 Å². The molecule has 0 bridgehead atoms. The fourth-order valence-corrected chi connectivity index (χ4v) is 3.58. The number of nitrogens with zero attached hydrogens (tertiary/aromatic N) is 2. The lowest BCUT2D eigenvalue weighted by Gasteiger charge is -2.03. The van der Waals surface area contributed by atoms with Crippen LogP contribution in [0.15, 0.2) is 54.7 Å². The Morgan fingerprint density at radius 3 is 2.82 bits per heavy atom. The van der Waals surface area contributed by atoms with E-state index in [4.69, 9.17) is 9.72 Å². The molecule has 0 atom stereocenters. The molecule has 0 aliphatic rings. The Hall–Kier alpha value is -2.33. The van der Waals surface area contributed by atoms with E-state index in [9.17, 15) is 0 Å². The number of rotatable bonds is 4. The van der Waals surface area contributed by atoms with E-state index in [1.807, 2.05) is 24.3 Å². The number of aromatic nitrogens is 2. The lowest BCUT2D eigenvalue weighted by atomic mass is 10.2. The monoisotopic (exact) mass is 308 g/mol. The molecule has 2 aromatic carbocycles. The summed E-state index contributed by atoms with van der Waals surface area (Å²) < 4.78 is 9.07. The van der Waals surface area contributed by atoms with Gasteiger partial charge in [0.25, 0.3) is 0 Å². The van der Waals surface area contributed by atoms with Gasteiger partial charge >= 0.3 is 0 Å². The highest BCUT2D eigenvalue weighted by molar-refractivity contribution is 7.23. The highest BCUT2D eigenvalue weighted by Gasteiger charge is 2.10. The van der Waals surface area contributed by atoms with E-state index in [0.29, 0.717) is 0 Å². The van der Waals surface area contributed by atoms with Gasteiger partial charge in [0.05, 0.1) is 22.5 Å². The molecule has 0 spiro atoms. The zero-order valence-corrected chi connectivity index (χ0v) is 13.1. The molecule has 0 unspecified atom stereocenters. The van der Waals surface area contributed by atoms with Crippen LogP contribution in [0.1, 0.15) is 13.3 Å². The molecule has 110 valence electrons. The second-order valence-corrected chi connectivity index (χ2v) is 6.23. The Bertz CT molecular complexity index is 924. The number of ether oxygens (including phenoxy) is 1. The van der Waals surface area contributed by atoms with Crippen LogP contribution >= 0.6 is 11.3 Å². The van der Waals surface area contributed by atoms with Crippen molar-refractivity contribution in [3.8, 4) is 17.0 Å². The quantitative estimate of drug-likeness (QED) is 0.530. The number of fused-ring (bicyclic) bond motifs is 3. The van der Waals surface area contributed by atoms with E-state index in [1.54, 1.807) is 11.3 Å². The Kier molecular flexibility index (Phi) is 3.31. The molecule has 0 N–H and O–H groups in total. The molecule has 2 heterocycles. The topological polar surface area (TPSA) is 26.5 Å². The van der Waals surface area contributed by atoms with Crippen molar-refractivity contribution >= 4 is 26.5 Å². The van der Waals surface area contributed by atoms with Crippen molar-refractivity contribution in [1.82, 2.24) is 9.38 Å². The first-order valence-corrected chi connectivity index (χ1v) is 8.26. The molecular formula is C18H16N2OS. The Labute approximate surface area is 132 Å². The molecule has 0 saturated carbocycles. The summed E-state index contributed by atoms with van der Waals surface area (Å²) in [5.41, 5.74) is 3.34. The summed E-state index contributed by atoms with van der Waals surface area (Å²) in [6.07, 6.45) is 3.13. The van der Waals surface area contributed by atoms with Gasteiger partial charge in [-0.3, -0.25) is 4.40 Å². The van der Waals surface area contributed by atoms with E-state index in [-0.39, 0.29) is 0 Å². The molecule has 0 amide bonds. The van der Waals surface area contributed by atoms with E-state index >= 15 is 0 Å². The summed E-state index contributed by atoms with van der Waals surface area (Å²) in [7, 11) is 0. The number of hydrogen-bond acceptors (Lipinski definition) is 3. The molecule has 4 aromatic rings. The summed E-state index contributed by atoms with van der Waals surface area (Å²) in [4.78, 5) is 5.77. The zero-order valence-electron chi connectivity index (χ0n) is 12.3. The lowest BCUT2D eigenvalue weighted by Crippen LogP contribution is -1.94. The summed E-state index contributed by atoms with van der Waals surface area (Å²) >= 11 is 1.70. The first-order valence-electron chi connectivity index (χ1n) is 7.45. The molecular weight excluding hydrogens is 292 g/mol.